The number of nitrogens with zero attached hydrogens (tertiary/aromatic N) is 2. The number of rotatable bonds is 6. The monoisotopic (exact) mass is 474 g/mol. The van der Waals surface area contributed by atoms with Crippen LogP contribution in [-0.4, -0.2) is 25.2 Å². The third-order valence-electron chi connectivity index (χ3n) is 5.51. The molecule has 1 aliphatic heterocycles. The standard InChI is InChI=1S/C27H27FN4OS/c1-18-24(26(33)30-22-7-5-4-6-8-22)25(20-11-15-23(16-12-20)32(2)3)31-27(29-18)34-17-19-9-13-21(28)14-10-19/h4-16,25H,17H2,1-3H3,(H,29,31)(H,30,33)/t25-/m1/s1. The molecule has 1 amide bonds. The number of benzene rings is 3. The molecule has 0 saturated carbocycles. The second kappa shape index (κ2) is 10.6. The fourth-order valence-electron chi connectivity index (χ4n) is 3.66. The number of nitrogens with one attached hydrogen (secondary N) is 2. The lowest BCUT2D eigenvalue weighted by Crippen LogP contribution is -2.32. The molecule has 3 aromatic carbocycles. The van der Waals surface area contributed by atoms with Gasteiger partial charge in [0.1, 0.15) is 11.9 Å². The van der Waals surface area contributed by atoms with Crippen LogP contribution in [0.3, 0.4) is 0 Å². The second-order valence-corrected chi connectivity index (χ2v) is 9.19. The molecule has 0 aromatic heterocycles. The van der Waals surface area contributed by atoms with Gasteiger partial charge >= 0.3 is 0 Å². The Hall–Kier alpha value is -3.58. The van der Waals surface area contributed by atoms with Crippen molar-refractivity contribution < 1.29 is 9.18 Å². The van der Waals surface area contributed by atoms with Crippen LogP contribution in [0.15, 0.2) is 95.1 Å². The Labute approximate surface area is 203 Å². The summed E-state index contributed by atoms with van der Waals surface area (Å²) in [5.41, 5.74) is 5.07. The van der Waals surface area contributed by atoms with Crippen LogP contribution in [0.4, 0.5) is 15.8 Å². The van der Waals surface area contributed by atoms with E-state index in [2.05, 4.69) is 10.6 Å². The van der Waals surface area contributed by atoms with E-state index in [1.165, 1.54) is 23.9 Å². The molecule has 1 atom stereocenters. The van der Waals surface area contributed by atoms with E-state index in [0.29, 0.717) is 11.3 Å². The van der Waals surface area contributed by atoms with Crippen LogP contribution in [0.2, 0.25) is 0 Å². The fourth-order valence-corrected chi connectivity index (χ4v) is 4.56. The van der Waals surface area contributed by atoms with E-state index in [1.807, 2.05) is 80.5 Å². The molecule has 174 valence electrons. The first-order valence-electron chi connectivity index (χ1n) is 11.0. The van der Waals surface area contributed by atoms with Crippen molar-refractivity contribution in [3.8, 4) is 0 Å². The average molecular weight is 475 g/mol. The zero-order valence-corrected chi connectivity index (χ0v) is 20.2. The van der Waals surface area contributed by atoms with Gasteiger partial charge in [-0.25, -0.2) is 9.38 Å². The fraction of sp³-hybridized carbons (Fsp3) is 0.185. The SMILES string of the molecule is CC1=C(C(=O)Nc2ccccc2)[C@@H](c2ccc(N(C)C)cc2)N=C(SCc2ccc(F)cc2)N1. The second-order valence-electron chi connectivity index (χ2n) is 8.22. The molecule has 0 aliphatic carbocycles. The first-order valence-corrected chi connectivity index (χ1v) is 12.0. The van der Waals surface area contributed by atoms with E-state index in [4.69, 9.17) is 4.99 Å². The van der Waals surface area contributed by atoms with Gasteiger partial charge in [-0.15, -0.1) is 0 Å². The van der Waals surface area contributed by atoms with Crippen molar-refractivity contribution in [2.75, 3.05) is 24.3 Å². The largest absolute Gasteiger partial charge is 0.378 e. The Balaban J connectivity index is 1.62. The number of amidine groups is 1. The molecule has 1 heterocycles. The molecule has 0 radical (unpaired) electrons. The molecule has 34 heavy (non-hydrogen) atoms. The molecule has 4 rings (SSSR count). The Morgan fingerprint density at radius 1 is 1.03 bits per heavy atom. The van der Waals surface area contributed by atoms with Crippen LogP contribution in [-0.2, 0) is 10.5 Å². The van der Waals surface area contributed by atoms with E-state index >= 15 is 0 Å². The van der Waals surface area contributed by atoms with Crippen LogP contribution in [0.1, 0.15) is 24.1 Å². The Kier molecular flexibility index (Phi) is 7.33. The first-order chi connectivity index (χ1) is 16.4. The van der Waals surface area contributed by atoms with Crippen LogP contribution >= 0.6 is 11.8 Å². The molecular weight excluding hydrogens is 447 g/mol. The van der Waals surface area contributed by atoms with Crippen molar-refractivity contribution >= 4 is 34.2 Å². The van der Waals surface area contributed by atoms with Crippen LogP contribution in [0.5, 0.6) is 0 Å². The number of aliphatic imine (C=N–C) groups is 1. The molecular formula is C27H27FN4OS. The maximum Gasteiger partial charge on any atom is 0.255 e. The summed E-state index contributed by atoms with van der Waals surface area (Å²) >= 11 is 1.53. The summed E-state index contributed by atoms with van der Waals surface area (Å²) in [5.74, 6) is 0.192. The molecule has 7 heteroatoms. The highest BCUT2D eigenvalue weighted by molar-refractivity contribution is 8.13. The number of amides is 1. The Bertz CT molecular complexity index is 1210. The third kappa shape index (κ3) is 5.66. The molecule has 1 aliphatic rings. The van der Waals surface area contributed by atoms with Crippen LogP contribution in [0.25, 0.3) is 0 Å². The zero-order chi connectivity index (χ0) is 24.1. The summed E-state index contributed by atoms with van der Waals surface area (Å²) < 4.78 is 13.2. The highest BCUT2D eigenvalue weighted by atomic mass is 32.2. The summed E-state index contributed by atoms with van der Waals surface area (Å²) in [5, 5.41) is 7.01. The van der Waals surface area contributed by atoms with Crippen molar-refractivity contribution in [3.05, 3.63) is 107 Å². The van der Waals surface area contributed by atoms with Crippen molar-refractivity contribution in [2.45, 2.75) is 18.7 Å². The van der Waals surface area contributed by atoms with Crippen LogP contribution < -0.4 is 15.5 Å². The number of hydrogen-bond acceptors (Lipinski definition) is 5. The third-order valence-corrected chi connectivity index (χ3v) is 6.47. The van der Waals surface area contributed by atoms with Gasteiger partial charge in [0, 0.05) is 36.9 Å². The summed E-state index contributed by atoms with van der Waals surface area (Å²) in [7, 11) is 3.98. The number of halogens is 1. The summed E-state index contributed by atoms with van der Waals surface area (Å²) in [4.78, 5) is 20.3. The van der Waals surface area contributed by atoms with Gasteiger partial charge in [0.15, 0.2) is 5.17 Å². The molecule has 0 bridgehead atoms. The number of allylic oxidation sites excluding steroid dienone is 1. The Morgan fingerprint density at radius 2 is 1.71 bits per heavy atom. The normalized spacial score (nSPS) is 15.4. The minimum atomic E-state index is -0.447. The molecule has 5 nitrogen and oxygen atoms in total. The number of anilines is 2. The number of para-hydroxylation sites is 1. The van der Waals surface area contributed by atoms with E-state index in [0.717, 1.165) is 33.4 Å². The maximum atomic E-state index is 13.3. The van der Waals surface area contributed by atoms with Crippen molar-refractivity contribution in [2.24, 2.45) is 4.99 Å². The smallest absolute Gasteiger partial charge is 0.255 e. The molecule has 2 N–H and O–H groups in total. The van der Waals surface area contributed by atoms with Crippen molar-refractivity contribution in [1.82, 2.24) is 5.32 Å². The topological polar surface area (TPSA) is 56.7 Å². The Morgan fingerprint density at radius 3 is 2.35 bits per heavy atom. The van der Waals surface area contributed by atoms with Gasteiger partial charge in [0.25, 0.3) is 5.91 Å². The lowest BCUT2D eigenvalue weighted by atomic mass is 9.95. The van der Waals surface area contributed by atoms with Gasteiger partial charge < -0.3 is 15.5 Å². The molecule has 0 unspecified atom stereocenters. The predicted octanol–water partition coefficient (Wildman–Crippen LogP) is 5.74. The lowest BCUT2D eigenvalue weighted by Gasteiger charge is -2.27. The quantitative estimate of drug-likeness (QED) is 0.479. The van der Waals surface area contributed by atoms with Gasteiger partial charge in [-0.3, -0.25) is 4.79 Å². The van der Waals surface area contributed by atoms with E-state index in [9.17, 15) is 9.18 Å². The average Bonchev–Trinajstić information content (AvgIpc) is 2.84. The zero-order valence-electron chi connectivity index (χ0n) is 19.4. The highest BCUT2D eigenvalue weighted by Crippen LogP contribution is 2.34. The van der Waals surface area contributed by atoms with E-state index in [-0.39, 0.29) is 11.7 Å². The van der Waals surface area contributed by atoms with Gasteiger partial charge in [-0.05, 0) is 54.4 Å². The number of thioether (sulfide) groups is 1. The van der Waals surface area contributed by atoms with Crippen molar-refractivity contribution in [3.63, 3.8) is 0 Å². The molecule has 0 spiro atoms. The van der Waals surface area contributed by atoms with Gasteiger partial charge in [0.05, 0.1) is 5.57 Å². The minimum Gasteiger partial charge on any atom is -0.378 e. The van der Waals surface area contributed by atoms with E-state index < -0.39 is 6.04 Å². The van der Waals surface area contributed by atoms with Gasteiger partial charge in [-0.1, -0.05) is 54.2 Å². The minimum absolute atomic E-state index is 0.191. The number of hydrogen-bond donors (Lipinski definition) is 2. The number of carbonyl (C=O) groups is 1. The number of carbonyl (C=O) groups excluding carboxylic acids is 1. The molecule has 0 fully saturated rings. The first kappa shape index (κ1) is 23.6. The van der Waals surface area contributed by atoms with Gasteiger partial charge in [0.2, 0.25) is 0 Å². The molecule has 0 saturated heterocycles. The summed E-state index contributed by atoms with van der Waals surface area (Å²) in [6, 6.07) is 23.5. The molecule has 3 aromatic rings. The van der Waals surface area contributed by atoms with Crippen LogP contribution in [0, 0.1) is 5.82 Å². The summed E-state index contributed by atoms with van der Waals surface area (Å²) in [6.07, 6.45) is 0. The van der Waals surface area contributed by atoms with Gasteiger partial charge in [-0.2, -0.15) is 0 Å². The highest BCUT2D eigenvalue weighted by Gasteiger charge is 2.29. The predicted molar refractivity (Wildman–Crippen MR) is 140 cm³/mol. The van der Waals surface area contributed by atoms with Crippen molar-refractivity contribution in [1.29, 1.82) is 0 Å². The lowest BCUT2D eigenvalue weighted by molar-refractivity contribution is -0.113. The maximum absolute atomic E-state index is 13.3. The van der Waals surface area contributed by atoms with E-state index in [1.54, 1.807) is 12.1 Å². The summed E-state index contributed by atoms with van der Waals surface area (Å²) in [6.45, 7) is 1.90.